The molecule has 0 aromatic heterocycles. The smallest absolute Gasteiger partial charge is 0.309 e. The van der Waals surface area contributed by atoms with Crippen LogP contribution >= 0.6 is 0 Å². The minimum atomic E-state index is -2.37. The Hall–Kier alpha value is -3.17. The number of carbonyl (C=O) groups excluding carboxylic acids is 5. The molecule has 2 saturated carbocycles. The van der Waals surface area contributed by atoms with Crippen molar-refractivity contribution in [3.63, 3.8) is 0 Å². The van der Waals surface area contributed by atoms with Crippen LogP contribution in [0.1, 0.15) is 139 Å². The standard InChI is InChI=1S/C55H86O13/c1-33-17-13-12-14-18-34(2)47(63-9)31-42-23-21-39(7)55(62,68-42)53(60)51(59)43-19-15-16-20-44(43)54(61)67-48(37(5)29-41-22-24-46(66-26-25-56)49(30-41)64-10)32-45(57)36(4)28-35(3)40(8)52(65-11)50(58)38(6)27-33/h12-14,17-18,28,33,36-44,46-49,52,56,62H,15-16,19-27,29-32H2,1-11H3/b14-12?,17-13+,34-18?,35-28+/t33-,36-,37-,38-,39-,40-,41+,42+,43?,44-,46-,47+,48?,49-,52-,55-/m1/s1. The van der Waals surface area contributed by atoms with Crippen LogP contribution in [0.4, 0.5) is 0 Å². The van der Waals surface area contributed by atoms with Gasteiger partial charge >= 0.3 is 5.97 Å². The fourth-order valence-corrected chi connectivity index (χ4v) is 11.1. The summed E-state index contributed by atoms with van der Waals surface area (Å²) in [6.45, 7) is 15.4. The van der Waals surface area contributed by atoms with E-state index < -0.39 is 71.4 Å². The van der Waals surface area contributed by atoms with Crippen molar-refractivity contribution in [3.8, 4) is 0 Å². The van der Waals surface area contributed by atoms with E-state index in [-0.39, 0.29) is 79.4 Å². The van der Waals surface area contributed by atoms with Crippen LogP contribution in [-0.4, -0.2) is 116 Å². The molecule has 2 aliphatic carbocycles. The van der Waals surface area contributed by atoms with Crippen LogP contribution in [0.5, 0.6) is 0 Å². The number of aliphatic hydroxyl groups excluding tert-OH is 1. The molecule has 4 rings (SSSR count). The van der Waals surface area contributed by atoms with Crippen molar-refractivity contribution in [1.82, 2.24) is 0 Å². The number of hydrogen-bond acceptors (Lipinski definition) is 13. The number of rotatable bonds is 9. The quantitative estimate of drug-likeness (QED) is 0.128. The molecule has 4 aliphatic rings. The summed E-state index contributed by atoms with van der Waals surface area (Å²) in [7, 11) is 4.79. The molecule has 2 unspecified atom stereocenters. The molecule has 1 saturated heterocycles. The molecule has 3 fully saturated rings. The van der Waals surface area contributed by atoms with E-state index >= 15 is 0 Å². The van der Waals surface area contributed by atoms with Crippen molar-refractivity contribution >= 4 is 29.1 Å². The lowest BCUT2D eigenvalue weighted by Gasteiger charge is -2.42. The molecule has 0 amide bonds. The van der Waals surface area contributed by atoms with Crippen molar-refractivity contribution in [3.05, 3.63) is 47.6 Å². The number of aliphatic hydroxyl groups is 2. The Bertz CT molecular complexity index is 1800. The summed E-state index contributed by atoms with van der Waals surface area (Å²) >= 11 is 0. The lowest BCUT2D eigenvalue weighted by molar-refractivity contribution is -0.265. The maximum atomic E-state index is 14.5. The Balaban J connectivity index is 1.70. The summed E-state index contributed by atoms with van der Waals surface area (Å²) in [6.07, 6.45) is 15.5. The Morgan fingerprint density at radius 1 is 0.794 bits per heavy atom. The SMILES string of the molecule is CO[C@H]1C[C@@H]2CC[C@@H](C)[C@@](O)(O2)C(=O)C(=O)C2CCCC[C@H]2C(=O)OC([C@H](C)C[C@@H]2CC[C@@H](OCCO)[C@H](OC)C2)CC(=O)[C@H](C)/C=C(\C)[C@@H](C)[C@@H](OC)C(=O)[C@H](C)C[C@H](C)/C=C/C=CC=C1C. The van der Waals surface area contributed by atoms with Gasteiger partial charge in [0.2, 0.25) is 11.6 Å². The number of fused-ring (bicyclic) bond motifs is 3. The molecule has 2 heterocycles. The van der Waals surface area contributed by atoms with Gasteiger partial charge in [-0.1, -0.05) is 96.4 Å². The van der Waals surface area contributed by atoms with Crippen LogP contribution in [0, 0.1) is 53.3 Å². The van der Waals surface area contributed by atoms with Gasteiger partial charge in [-0.3, -0.25) is 24.0 Å². The van der Waals surface area contributed by atoms with Gasteiger partial charge in [-0.25, -0.2) is 0 Å². The largest absolute Gasteiger partial charge is 0.461 e. The molecule has 0 aromatic rings. The van der Waals surface area contributed by atoms with Crippen molar-refractivity contribution in [1.29, 1.82) is 0 Å². The monoisotopic (exact) mass is 955 g/mol. The number of ketones is 4. The van der Waals surface area contributed by atoms with Crippen molar-refractivity contribution in [2.75, 3.05) is 34.5 Å². The first-order valence-electron chi connectivity index (χ1n) is 25.6. The number of allylic oxidation sites excluding steroid dienone is 6. The molecule has 384 valence electrons. The summed E-state index contributed by atoms with van der Waals surface area (Å²) < 4.78 is 36.0. The number of Topliss-reactive ketones (excluding diaryl/α,β-unsaturated/α-hetero) is 4. The van der Waals surface area contributed by atoms with Crippen LogP contribution < -0.4 is 0 Å². The summed E-state index contributed by atoms with van der Waals surface area (Å²) in [5, 5.41) is 21.4. The average Bonchev–Trinajstić information content (AvgIpc) is 3.32. The van der Waals surface area contributed by atoms with Gasteiger partial charge in [0.15, 0.2) is 5.78 Å². The average molecular weight is 955 g/mol. The zero-order valence-electron chi connectivity index (χ0n) is 43.1. The first-order valence-corrected chi connectivity index (χ1v) is 25.6. The van der Waals surface area contributed by atoms with Crippen LogP contribution in [0.25, 0.3) is 0 Å². The Labute approximate surface area is 407 Å². The number of cyclic esters (lactones) is 1. The minimum Gasteiger partial charge on any atom is -0.461 e. The molecule has 16 atom stereocenters. The fraction of sp³-hybridized carbons (Fsp3) is 0.764. The molecule has 0 spiro atoms. The van der Waals surface area contributed by atoms with E-state index in [0.29, 0.717) is 57.8 Å². The highest BCUT2D eigenvalue weighted by atomic mass is 16.6. The maximum absolute atomic E-state index is 14.5. The second kappa shape index (κ2) is 27.4. The third-order valence-electron chi connectivity index (χ3n) is 15.7. The van der Waals surface area contributed by atoms with Crippen LogP contribution in [0.15, 0.2) is 47.6 Å². The van der Waals surface area contributed by atoms with E-state index in [0.717, 1.165) is 24.0 Å². The van der Waals surface area contributed by atoms with Gasteiger partial charge in [-0.2, -0.15) is 0 Å². The lowest BCUT2D eigenvalue weighted by Crippen LogP contribution is -2.57. The third kappa shape index (κ3) is 15.4. The lowest BCUT2D eigenvalue weighted by atomic mass is 9.73. The minimum absolute atomic E-state index is 0.00260. The summed E-state index contributed by atoms with van der Waals surface area (Å²) in [5.41, 5.74) is 1.75. The summed E-state index contributed by atoms with van der Waals surface area (Å²) in [4.78, 5) is 71.4. The molecule has 13 nitrogen and oxygen atoms in total. The van der Waals surface area contributed by atoms with E-state index in [4.69, 9.17) is 28.4 Å². The molecular weight excluding hydrogens is 869 g/mol. The van der Waals surface area contributed by atoms with Crippen molar-refractivity contribution < 1.29 is 62.6 Å². The van der Waals surface area contributed by atoms with Crippen LogP contribution in [0.3, 0.4) is 0 Å². The van der Waals surface area contributed by atoms with Gasteiger partial charge in [0.1, 0.15) is 18.0 Å². The molecule has 2 bridgehead atoms. The molecule has 13 heteroatoms. The van der Waals surface area contributed by atoms with Gasteiger partial charge < -0.3 is 38.6 Å². The third-order valence-corrected chi connectivity index (χ3v) is 15.7. The second-order valence-corrected chi connectivity index (χ2v) is 20.9. The second-order valence-electron chi connectivity index (χ2n) is 20.9. The maximum Gasteiger partial charge on any atom is 0.309 e. The molecule has 2 N–H and O–H groups in total. The van der Waals surface area contributed by atoms with Gasteiger partial charge in [-0.05, 0) is 95.0 Å². The first kappa shape index (κ1) is 57.4. The van der Waals surface area contributed by atoms with E-state index in [2.05, 4.69) is 13.0 Å². The Morgan fingerprint density at radius 3 is 2.16 bits per heavy atom. The predicted molar refractivity (Wildman–Crippen MR) is 260 cm³/mol. The summed E-state index contributed by atoms with van der Waals surface area (Å²) in [5.74, 6) is -8.83. The zero-order valence-corrected chi connectivity index (χ0v) is 43.1. The highest BCUT2D eigenvalue weighted by Gasteiger charge is 2.53. The number of methoxy groups -OCH3 is 3. The molecule has 0 aromatic carbocycles. The number of ether oxygens (including phenoxy) is 6. The Kier molecular flexibility index (Phi) is 23.2. The molecule has 68 heavy (non-hydrogen) atoms. The number of esters is 1. The van der Waals surface area contributed by atoms with E-state index in [1.54, 1.807) is 28.3 Å². The van der Waals surface area contributed by atoms with E-state index in [1.807, 2.05) is 71.9 Å². The molecule has 0 radical (unpaired) electrons. The topological polar surface area (TPSA) is 181 Å². The first-order chi connectivity index (χ1) is 32.3. The number of hydrogen-bond donors (Lipinski definition) is 2. The van der Waals surface area contributed by atoms with E-state index in [9.17, 15) is 34.2 Å². The Morgan fingerprint density at radius 2 is 1.50 bits per heavy atom. The highest BCUT2D eigenvalue weighted by Crippen LogP contribution is 2.40. The van der Waals surface area contributed by atoms with Gasteiger partial charge in [0, 0.05) is 63.8 Å². The van der Waals surface area contributed by atoms with Crippen LogP contribution in [-0.2, 0) is 52.4 Å². The van der Waals surface area contributed by atoms with Crippen molar-refractivity contribution in [2.24, 2.45) is 53.3 Å². The summed E-state index contributed by atoms with van der Waals surface area (Å²) in [6, 6.07) is 0. The fourth-order valence-electron chi connectivity index (χ4n) is 11.1. The molecular formula is C55H86O13. The van der Waals surface area contributed by atoms with Gasteiger partial charge in [0.05, 0.1) is 43.5 Å². The molecule has 2 aliphatic heterocycles. The van der Waals surface area contributed by atoms with Gasteiger partial charge in [0.25, 0.3) is 5.78 Å². The normalized spacial score (nSPS) is 39.0. The zero-order chi connectivity index (χ0) is 50.3. The predicted octanol–water partition coefficient (Wildman–Crippen LogP) is 8.47. The van der Waals surface area contributed by atoms with Crippen molar-refractivity contribution in [2.45, 2.75) is 181 Å². The van der Waals surface area contributed by atoms with E-state index in [1.165, 1.54) is 0 Å². The van der Waals surface area contributed by atoms with Crippen LogP contribution in [0.2, 0.25) is 0 Å². The highest BCUT2D eigenvalue weighted by molar-refractivity contribution is 6.41. The van der Waals surface area contributed by atoms with Gasteiger partial charge in [-0.15, -0.1) is 0 Å². The number of carbonyl (C=O) groups is 5.